The molecule has 0 aromatic carbocycles. The summed E-state index contributed by atoms with van der Waals surface area (Å²) in [5.41, 5.74) is 0. The Hall–Kier alpha value is -0.320. The number of hydrogen-bond acceptors (Lipinski definition) is 3. The van der Waals surface area contributed by atoms with Gasteiger partial charge in [0.15, 0.2) is 0 Å². The molecule has 0 aromatic heterocycles. The second-order valence-corrected chi connectivity index (χ2v) is 5.40. The number of carbonyl (C=O) groups is 1. The molecule has 0 aromatic rings. The highest BCUT2D eigenvalue weighted by molar-refractivity contribution is 5.85. The van der Waals surface area contributed by atoms with Crippen LogP contribution in [0.5, 0.6) is 0 Å². The van der Waals surface area contributed by atoms with E-state index in [1.807, 2.05) is 4.90 Å². The minimum atomic E-state index is 0. The van der Waals surface area contributed by atoms with Crippen LogP contribution >= 0.6 is 12.4 Å². The van der Waals surface area contributed by atoms with Crippen LogP contribution in [-0.4, -0.2) is 61.0 Å². The molecule has 18 heavy (non-hydrogen) atoms. The van der Waals surface area contributed by atoms with E-state index in [0.29, 0.717) is 11.8 Å². The molecule has 2 rings (SSSR count). The van der Waals surface area contributed by atoms with Crippen LogP contribution in [-0.2, 0) is 4.79 Å². The molecule has 5 heteroatoms. The zero-order chi connectivity index (χ0) is 12.3. The smallest absolute Gasteiger partial charge is 0.239 e. The zero-order valence-corrected chi connectivity index (χ0v) is 12.3. The summed E-state index contributed by atoms with van der Waals surface area (Å²) in [6, 6.07) is 0.0759. The molecule has 2 fully saturated rings. The predicted molar refractivity (Wildman–Crippen MR) is 76.1 cm³/mol. The van der Waals surface area contributed by atoms with Gasteiger partial charge in [0.25, 0.3) is 0 Å². The number of rotatable bonds is 2. The lowest BCUT2D eigenvalue weighted by molar-refractivity contribution is -0.136. The normalized spacial score (nSPS) is 29.8. The number of likely N-dealkylation sites (N-methyl/N-ethyl adjacent to an activating group) is 1. The largest absolute Gasteiger partial charge is 0.339 e. The molecule has 0 spiro atoms. The summed E-state index contributed by atoms with van der Waals surface area (Å²) in [5.74, 6) is 1.01. The molecule has 4 nitrogen and oxygen atoms in total. The van der Waals surface area contributed by atoms with E-state index in [9.17, 15) is 4.79 Å². The number of nitrogens with zero attached hydrogens (tertiary/aromatic N) is 2. The lowest BCUT2D eigenvalue weighted by atomic mass is 9.93. The van der Waals surface area contributed by atoms with E-state index in [-0.39, 0.29) is 18.4 Å². The first-order valence-corrected chi connectivity index (χ1v) is 6.95. The van der Waals surface area contributed by atoms with Crippen molar-refractivity contribution in [3.05, 3.63) is 0 Å². The SMILES string of the molecule is CCN1CCN(C(=O)C2CC(C)CCN2)CC1.Cl. The summed E-state index contributed by atoms with van der Waals surface area (Å²) in [6.07, 6.45) is 2.21. The average molecular weight is 276 g/mol. The fraction of sp³-hybridized carbons (Fsp3) is 0.923. The maximum Gasteiger partial charge on any atom is 0.239 e. The van der Waals surface area contributed by atoms with Crippen LogP contribution in [0.15, 0.2) is 0 Å². The van der Waals surface area contributed by atoms with Crippen LogP contribution in [0.4, 0.5) is 0 Å². The van der Waals surface area contributed by atoms with E-state index in [0.717, 1.165) is 45.7 Å². The van der Waals surface area contributed by atoms with E-state index in [2.05, 4.69) is 24.1 Å². The Kier molecular flexibility index (Phi) is 6.39. The molecule has 0 bridgehead atoms. The quantitative estimate of drug-likeness (QED) is 0.816. The molecule has 2 saturated heterocycles. The lowest BCUT2D eigenvalue weighted by Gasteiger charge is -2.37. The lowest BCUT2D eigenvalue weighted by Crippen LogP contribution is -2.55. The van der Waals surface area contributed by atoms with Crippen molar-refractivity contribution in [1.29, 1.82) is 0 Å². The van der Waals surface area contributed by atoms with Gasteiger partial charge in [-0.2, -0.15) is 0 Å². The van der Waals surface area contributed by atoms with Crippen molar-refractivity contribution < 1.29 is 4.79 Å². The van der Waals surface area contributed by atoms with Crippen molar-refractivity contribution in [2.24, 2.45) is 5.92 Å². The predicted octanol–water partition coefficient (Wildman–Crippen LogP) is 0.960. The number of carbonyl (C=O) groups excluding carboxylic acids is 1. The number of nitrogens with one attached hydrogen (secondary N) is 1. The van der Waals surface area contributed by atoms with Crippen molar-refractivity contribution in [1.82, 2.24) is 15.1 Å². The van der Waals surface area contributed by atoms with Gasteiger partial charge in [0.05, 0.1) is 6.04 Å². The summed E-state index contributed by atoms with van der Waals surface area (Å²) < 4.78 is 0. The molecular weight excluding hydrogens is 250 g/mol. The number of hydrogen-bond donors (Lipinski definition) is 1. The molecular formula is C13H26ClN3O. The van der Waals surface area contributed by atoms with Crippen molar-refractivity contribution >= 4 is 18.3 Å². The van der Waals surface area contributed by atoms with E-state index in [1.165, 1.54) is 6.42 Å². The first-order chi connectivity index (χ1) is 8.20. The molecule has 0 saturated carbocycles. The Morgan fingerprint density at radius 1 is 1.28 bits per heavy atom. The Morgan fingerprint density at radius 3 is 2.50 bits per heavy atom. The molecule has 2 atom stereocenters. The summed E-state index contributed by atoms with van der Waals surface area (Å²) in [6.45, 7) is 10.4. The third-order valence-electron chi connectivity index (χ3n) is 4.10. The fourth-order valence-corrected chi connectivity index (χ4v) is 2.80. The van der Waals surface area contributed by atoms with Crippen molar-refractivity contribution in [2.45, 2.75) is 32.7 Å². The van der Waals surface area contributed by atoms with Crippen LogP contribution in [0.2, 0.25) is 0 Å². The van der Waals surface area contributed by atoms with Crippen LogP contribution in [0, 0.1) is 5.92 Å². The first-order valence-electron chi connectivity index (χ1n) is 6.95. The van der Waals surface area contributed by atoms with Crippen molar-refractivity contribution in [2.75, 3.05) is 39.3 Å². The summed E-state index contributed by atoms with van der Waals surface area (Å²) in [5, 5.41) is 3.37. The van der Waals surface area contributed by atoms with Crippen molar-refractivity contribution in [3.8, 4) is 0 Å². The molecule has 1 N–H and O–H groups in total. The van der Waals surface area contributed by atoms with Gasteiger partial charge in [-0.3, -0.25) is 4.79 Å². The Labute approximate surface area is 116 Å². The van der Waals surface area contributed by atoms with Gasteiger partial charge in [-0.15, -0.1) is 12.4 Å². The molecule has 1 amide bonds. The number of piperazine rings is 1. The summed E-state index contributed by atoms with van der Waals surface area (Å²) in [4.78, 5) is 16.8. The highest BCUT2D eigenvalue weighted by Gasteiger charge is 2.29. The molecule has 2 aliphatic rings. The van der Waals surface area contributed by atoms with Gasteiger partial charge in [-0.25, -0.2) is 0 Å². The van der Waals surface area contributed by atoms with E-state index in [4.69, 9.17) is 0 Å². The standard InChI is InChI=1S/C13H25N3O.ClH/c1-3-15-6-8-16(9-7-15)13(17)12-10-11(2)4-5-14-12;/h11-12,14H,3-10H2,1-2H3;1H. The Balaban J connectivity index is 0.00000162. The number of halogens is 1. The highest BCUT2D eigenvalue weighted by atomic mass is 35.5. The second kappa shape index (κ2) is 7.31. The van der Waals surface area contributed by atoms with E-state index in [1.54, 1.807) is 0 Å². The highest BCUT2D eigenvalue weighted by Crippen LogP contribution is 2.17. The molecule has 0 radical (unpaired) electrons. The Bertz CT molecular complexity index is 267. The molecule has 2 heterocycles. The molecule has 2 aliphatic heterocycles. The maximum atomic E-state index is 12.3. The van der Waals surface area contributed by atoms with Gasteiger partial charge in [-0.1, -0.05) is 13.8 Å². The summed E-state index contributed by atoms with van der Waals surface area (Å²) >= 11 is 0. The average Bonchev–Trinajstić information content (AvgIpc) is 2.38. The van der Waals surface area contributed by atoms with Gasteiger partial charge in [0.1, 0.15) is 0 Å². The van der Waals surface area contributed by atoms with E-state index < -0.39 is 0 Å². The van der Waals surface area contributed by atoms with Gasteiger partial charge >= 0.3 is 0 Å². The Morgan fingerprint density at radius 2 is 1.94 bits per heavy atom. The molecule has 2 unspecified atom stereocenters. The van der Waals surface area contributed by atoms with E-state index >= 15 is 0 Å². The summed E-state index contributed by atoms with van der Waals surface area (Å²) in [7, 11) is 0. The molecule has 0 aliphatic carbocycles. The van der Waals surface area contributed by atoms with Crippen molar-refractivity contribution in [3.63, 3.8) is 0 Å². The molecule has 106 valence electrons. The first kappa shape index (κ1) is 15.7. The third kappa shape index (κ3) is 3.84. The van der Waals surface area contributed by atoms with Crippen LogP contribution in [0.25, 0.3) is 0 Å². The fourth-order valence-electron chi connectivity index (χ4n) is 2.80. The van der Waals surface area contributed by atoms with Gasteiger partial charge < -0.3 is 15.1 Å². The zero-order valence-electron chi connectivity index (χ0n) is 11.5. The van der Waals surface area contributed by atoms with Crippen LogP contribution in [0.3, 0.4) is 0 Å². The minimum Gasteiger partial charge on any atom is -0.339 e. The monoisotopic (exact) mass is 275 g/mol. The maximum absolute atomic E-state index is 12.3. The van der Waals surface area contributed by atoms with Gasteiger partial charge in [0, 0.05) is 26.2 Å². The second-order valence-electron chi connectivity index (χ2n) is 5.40. The van der Waals surface area contributed by atoms with Crippen LogP contribution in [0.1, 0.15) is 26.7 Å². The minimum absolute atomic E-state index is 0. The van der Waals surface area contributed by atoms with Crippen LogP contribution < -0.4 is 5.32 Å². The number of amides is 1. The number of piperidine rings is 1. The third-order valence-corrected chi connectivity index (χ3v) is 4.10. The topological polar surface area (TPSA) is 35.6 Å². The van der Waals surface area contributed by atoms with Gasteiger partial charge in [-0.05, 0) is 31.8 Å². The van der Waals surface area contributed by atoms with Gasteiger partial charge in [0.2, 0.25) is 5.91 Å².